The van der Waals surface area contributed by atoms with E-state index >= 15 is 0 Å². The number of nitrogens with one attached hydrogen (secondary N) is 1. The quantitative estimate of drug-likeness (QED) is 0.859. The number of carbonyl (C=O) groups is 1. The summed E-state index contributed by atoms with van der Waals surface area (Å²) in [5.74, 6) is 0.113. The fraction of sp³-hybridized carbons (Fsp3) is 0.500. The smallest absolute Gasteiger partial charge is 0.244 e. The summed E-state index contributed by atoms with van der Waals surface area (Å²) in [4.78, 5) is 17.4. The Kier molecular flexibility index (Phi) is 6.06. The topological polar surface area (TPSA) is 53.4 Å². The molecule has 26 heavy (non-hydrogen) atoms. The number of carbonyl (C=O) groups excluding carboxylic acids is 1. The largest absolute Gasteiger partial charge is 0.341 e. The number of nitrogens with zero attached hydrogens (tertiary/aromatic N) is 4. The van der Waals surface area contributed by atoms with Gasteiger partial charge in [0, 0.05) is 51.5 Å². The van der Waals surface area contributed by atoms with E-state index in [1.54, 1.807) is 10.9 Å². The van der Waals surface area contributed by atoms with Crippen molar-refractivity contribution >= 4 is 5.91 Å². The highest BCUT2D eigenvalue weighted by atomic mass is 16.2. The van der Waals surface area contributed by atoms with E-state index in [2.05, 4.69) is 45.6 Å². The van der Waals surface area contributed by atoms with Gasteiger partial charge in [-0.25, -0.2) is 0 Å². The molecular weight excluding hydrogens is 326 g/mol. The second kappa shape index (κ2) is 8.47. The summed E-state index contributed by atoms with van der Waals surface area (Å²) in [5, 5.41) is 7.33. The molecule has 1 unspecified atom stereocenters. The molecule has 6 nitrogen and oxygen atoms in total. The third-order valence-corrected chi connectivity index (χ3v) is 5.30. The zero-order valence-corrected chi connectivity index (χ0v) is 15.9. The molecule has 1 aliphatic heterocycles. The van der Waals surface area contributed by atoms with Crippen LogP contribution < -0.4 is 5.32 Å². The molecule has 1 atom stereocenters. The summed E-state index contributed by atoms with van der Waals surface area (Å²) in [7, 11) is 5.62. The number of amides is 1. The van der Waals surface area contributed by atoms with Gasteiger partial charge >= 0.3 is 0 Å². The van der Waals surface area contributed by atoms with Gasteiger partial charge in [-0.3, -0.25) is 14.4 Å². The molecule has 1 aromatic heterocycles. The molecule has 2 aromatic rings. The van der Waals surface area contributed by atoms with Crippen molar-refractivity contribution in [2.45, 2.75) is 31.5 Å². The van der Waals surface area contributed by atoms with E-state index in [4.69, 9.17) is 0 Å². The van der Waals surface area contributed by atoms with E-state index in [1.807, 2.05) is 32.2 Å². The Hall–Kier alpha value is -2.18. The first-order valence-corrected chi connectivity index (χ1v) is 9.27. The fourth-order valence-electron chi connectivity index (χ4n) is 3.71. The molecule has 1 aromatic carbocycles. The molecule has 1 fully saturated rings. The van der Waals surface area contributed by atoms with E-state index in [1.165, 1.54) is 5.56 Å². The van der Waals surface area contributed by atoms with Crippen molar-refractivity contribution in [2.24, 2.45) is 7.05 Å². The highest BCUT2D eigenvalue weighted by molar-refractivity contribution is 5.83. The van der Waals surface area contributed by atoms with Crippen LogP contribution in [0, 0.1) is 0 Å². The van der Waals surface area contributed by atoms with Crippen LogP contribution >= 0.6 is 0 Å². The lowest BCUT2D eigenvalue weighted by molar-refractivity contribution is -0.135. The van der Waals surface area contributed by atoms with Crippen LogP contribution in [-0.4, -0.2) is 58.7 Å². The molecule has 1 amide bonds. The van der Waals surface area contributed by atoms with E-state index in [0.717, 1.165) is 38.0 Å². The molecule has 0 radical (unpaired) electrons. The predicted octanol–water partition coefficient (Wildman–Crippen LogP) is 1.80. The molecule has 0 bridgehead atoms. The zero-order chi connectivity index (χ0) is 18.5. The summed E-state index contributed by atoms with van der Waals surface area (Å²) in [5.41, 5.74) is 2.26. The van der Waals surface area contributed by atoms with Crippen LogP contribution in [0.4, 0.5) is 0 Å². The average Bonchev–Trinajstić information content (AvgIpc) is 3.09. The summed E-state index contributed by atoms with van der Waals surface area (Å²) < 4.78 is 1.73. The maximum absolute atomic E-state index is 13.0. The Morgan fingerprint density at radius 2 is 2.00 bits per heavy atom. The van der Waals surface area contributed by atoms with Crippen molar-refractivity contribution in [3.8, 4) is 0 Å². The van der Waals surface area contributed by atoms with Gasteiger partial charge in [-0.2, -0.15) is 5.10 Å². The minimum absolute atomic E-state index is 0.113. The molecule has 1 saturated heterocycles. The lowest BCUT2D eigenvalue weighted by atomic mass is 10.0. The number of benzene rings is 1. The highest BCUT2D eigenvalue weighted by Crippen LogP contribution is 2.21. The van der Waals surface area contributed by atoms with Crippen LogP contribution in [0.1, 0.15) is 30.0 Å². The van der Waals surface area contributed by atoms with Crippen molar-refractivity contribution in [1.29, 1.82) is 0 Å². The number of aromatic nitrogens is 2. The summed E-state index contributed by atoms with van der Waals surface area (Å²) in [6.07, 6.45) is 5.68. The maximum Gasteiger partial charge on any atom is 0.244 e. The van der Waals surface area contributed by atoms with Gasteiger partial charge in [-0.1, -0.05) is 30.3 Å². The monoisotopic (exact) mass is 355 g/mol. The van der Waals surface area contributed by atoms with Crippen molar-refractivity contribution in [1.82, 2.24) is 24.9 Å². The summed E-state index contributed by atoms with van der Waals surface area (Å²) in [6.45, 7) is 3.03. The number of rotatable bonds is 6. The third kappa shape index (κ3) is 4.31. The first kappa shape index (κ1) is 18.6. The van der Waals surface area contributed by atoms with Crippen LogP contribution in [0.15, 0.2) is 42.7 Å². The molecule has 6 heteroatoms. The number of aryl methyl sites for hydroxylation is 1. The lowest BCUT2D eigenvalue weighted by Gasteiger charge is -2.38. The van der Waals surface area contributed by atoms with E-state index in [-0.39, 0.29) is 11.9 Å². The van der Waals surface area contributed by atoms with Crippen LogP contribution in [-0.2, 0) is 18.4 Å². The van der Waals surface area contributed by atoms with Gasteiger partial charge in [0.2, 0.25) is 5.91 Å². The number of likely N-dealkylation sites (tertiary alicyclic amines) is 1. The number of hydrogen-bond donors (Lipinski definition) is 1. The van der Waals surface area contributed by atoms with E-state index in [9.17, 15) is 4.79 Å². The first-order chi connectivity index (χ1) is 12.6. The van der Waals surface area contributed by atoms with E-state index < -0.39 is 0 Å². The Morgan fingerprint density at radius 3 is 2.58 bits per heavy atom. The third-order valence-electron chi connectivity index (χ3n) is 5.30. The number of piperidine rings is 1. The normalized spacial score (nSPS) is 17.2. The van der Waals surface area contributed by atoms with Crippen LogP contribution in [0.25, 0.3) is 0 Å². The molecule has 1 aliphatic rings. The van der Waals surface area contributed by atoms with Gasteiger partial charge in [-0.15, -0.1) is 0 Å². The predicted molar refractivity (Wildman–Crippen MR) is 103 cm³/mol. The highest BCUT2D eigenvalue weighted by Gasteiger charge is 2.30. The molecular formula is C20H29N5O. The Balaban J connectivity index is 1.55. The summed E-state index contributed by atoms with van der Waals surface area (Å²) >= 11 is 0. The molecule has 0 aliphatic carbocycles. The van der Waals surface area contributed by atoms with Crippen molar-refractivity contribution < 1.29 is 4.79 Å². The van der Waals surface area contributed by atoms with Crippen LogP contribution in [0.5, 0.6) is 0 Å². The minimum Gasteiger partial charge on any atom is -0.341 e. The summed E-state index contributed by atoms with van der Waals surface area (Å²) in [6, 6.07) is 10.5. The van der Waals surface area contributed by atoms with Crippen LogP contribution in [0.2, 0.25) is 0 Å². The lowest BCUT2D eigenvalue weighted by Crippen LogP contribution is -2.48. The van der Waals surface area contributed by atoms with Gasteiger partial charge in [0.1, 0.15) is 6.04 Å². The molecule has 3 rings (SSSR count). The van der Waals surface area contributed by atoms with Gasteiger partial charge in [-0.05, 0) is 25.5 Å². The van der Waals surface area contributed by atoms with Gasteiger partial charge in [0.05, 0.1) is 6.20 Å². The van der Waals surface area contributed by atoms with Gasteiger partial charge in [0.25, 0.3) is 0 Å². The molecule has 0 spiro atoms. The minimum atomic E-state index is -0.337. The average molecular weight is 355 g/mol. The second-order valence-corrected chi connectivity index (χ2v) is 7.11. The van der Waals surface area contributed by atoms with Crippen molar-refractivity contribution in [3.63, 3.8) is 0 Å². The molecule has 140 valence electrons. The first-order valence-electron chi connectivity index (χ1n) is 9.27. The molecule has 2 heterocycles. The van der Waals surface area contributed by atoms with E-state index in [0.29, 0.717) is 6.04 Å². The van der Waals surface area contributed by atoms with Crippen molar-refractivity contribution in [3.05, 3.63) is 53.9 Å². The SMILES string of the molecule is CNC(C(=O)N(C)C1CCN(Cc2ccccc2)CC1)c1cnn(C)c1. The fourth-order valence-corrected chi connectivity index (χ4v) is 3.71. The maximum atomic E-state index is 13.0. The Labute approximate surface area is 155 Å². The number of hydrogen-bond acceptors (Lipinski definition) is 4. The second-order valence-electron chi connectivity index (χ2n) is 7.11. The van der Waals surface area contributed by atoms with Crippen molar-refractivity contribution in [2.75, 3.05) is 27.2 Å². The standard InChI is InChI=1S/C20H29N5O/c1-21-19(17-13-22-23(2)15-17)20(26)24(3)18-9-11-25(12-10-18)14-16-7-5-4-6-8-16/h4-8,13,15,18-19,21H,9-12,14H2,1-3H3. The Morgan fingerprint density at radius 1 is 1.31 bits per heavy atom. The number of likely N-dealkylation sites (N-methyl/N-ethyl adjacent to an activating group) is 2. The van der Waals surface area contributed by atoms with Gasteiger partial charge < -0.3 is 10.2 Å². The van der Waals surface area contributed by atoms with Gasteiger partial charge in [0.15, 0.2) is 0 Å². The molecule has 1 N–H and O–H groups in total. The zero-order valence-electron chi connectivity index (χ0n) is 15.9. The molecule has 0 saturated carbocycles. The van der Waals surface area contributed by atoms with Crippen LogP contribution in [0.3, 0.4) is 0 Å². The Bertz CT molecular complexity index is 706.